The minimum atomic E-state index is 0.650. The molecule has 52 valence electrons. The van der Waals surface area contributed by atoms with Crippen molar-refractivity contribution < 1.29 is 0 Å². The number of allylic oxidation sites excluding steroid dienone is 5. The summed E-state index contributed by atoms with van der Waals surface area (Å²) < 4.78 is 0. The predicted molar refractivity (Wildman–Crippen MR) is 43.3 cm³/mol. The summed E-state index contributed by atoms with van der Waals surface area (Å²) in [7, 11) is 0. The van der Waals surface area contributed by atoms with Gasteiger partial charge in [-0.25, -0.2) is 0 Å². The first-order chi connectivity index (χ1) is 4.85. The van der Waals surface area contributed by atoms with E-state index in [9.17, 15) is 0 Å². The van der Waals surface area contributed by atoms with Crippen molar-refractivity contribution in [3.63, 3.8) is 0 Å². The third-order valence-electron chi connectivity index (χ3n) is 0.960. The van der Waals surface area contributed by atoms with Gasteiger partial charge in [-0.05, 0) is 18.6 Å². The third kappa shape index (κ3) is 3.68. The molecule has 0 aromatic rings. The topological polar surface area (TPSA) is 23.8 Å². The van der Waals surface area contributed by atoms with E-state index in [0.29, 0.717) is 5.57 Å². The van der Waals surface area contributed by atoms with Gasteiger partial charge in [-0.3, -0.25) is 0 Å². The van der Waals surface area contributed by atoms with Crippen molar-refractivity contribution in [3.05, 3.63) is 36.5 Å². The maximum Gasteiger partial charge on any atom is 0.0991 e. The van der Waals surface area contributed by atoms with Crippen LogP contribution in [0.5, 0.6) is 0 Å². The van der Waals surface area contributed by atoms with E-state index in [1.165, 1.54) is 0 Å². The highest BCUT2D eigenvalue weighted by Gasteiger charge is 1.81. The van der Waals surface area contributed by atoms with E-state index in [4.69, 9.17) is 5.26 Å². The van der Waals surface area contributed by atoms with Crippen molar-refractivity contribution in [1.82, 2.24) is 0 Å². The summed E-state index contributed by atoms with van der Waals surface area (Å²) in [6, 6.07) is 2.04. The number of nitriles is 1. The number of nitrogens with zero attached hydrogens (tertiary/aromatic N) is 1. The molecule has 0 aromatic heterocycles. The van der Waals surface area contributed by atoms with E-state index in [-0.39, 0.29) is 0 Å². The highest BCUT2D eigenvalue weighted by atomic mass is 14.2. The van der Waals surface area contributed by atoms with Crippen molar-refractivity contribution in [2.24, 2.45) is 0 Å². The summed E-state index contributed by atoms with van der Waals surface area (Å²) >= 11 is 0. The molecule has 10 heavy (non-hydrogen) atoms. The van der Waals surface area contributed by atoms with Crippen LogP contribution in [0.3, 0.4) is 0 Å². The van der Waals surface area contributed by atoms with Crippen molar-refractivity contribution in [2.75, 3.05) is 0 Å². The van der Waals surface area contributed by atoms with Crippen LogP contribution in [0.25, 0.3) is 0 Å². The molecule has 0 aliphatic carbocycles. The van der Waals surface area contributed by atoms with Crippen molar-refractivity contribution >= 4 is 0 Å². The summed E-state index contributed by atoms with van der Waals surface area (Å²) in [5.74, 6) is 0. The Morgan fingerprint density at radius 3 is 2.80 bits per heavy atom. The van der Waals surface area contributed by atoms with Crippen molar-refractivity contribution in [1.29, 1.82) is 5.26 Å². The Kier molecular flexibility index (Phi) is 5.09. The number of hydrogen-bond acceptors (Lipinski definition) is 1. The van der Waals surface area contributed by atoms with Gasteiger partial charge in [0.2, 0.25) is 0 Å². The van der Waals surface area contributed by atoms with Crippen LogP contribution in [0.1, 0.15) is 13.3 Å². The largest absolute Gasteiger partial charge is 0.192 e. The maximum atomic E-state index is 8.47. The van der Waals surface area contributed by atoms with E-state index in [1.807, 2.05) is 19.1 Å². The first kappa shape index (κ1) is 8.71. The fourth-order valence-corrected chi connectivity index (χ4v) is 0.502. The first-order valence-electron chi connectivity index (χ1n) is 3.24. The lowest BCUT2D eigenvalue weighted by molar-refractivity contribution is 1.22. The second kappa shape index (κ2) is 5.84. The predicted octanol–water partition coefficient (Wildman–Crippen LogP) is 2.59. The summed E-state index contributed by atoms with van der Waals surface area (Å²) in [6.45, 7) is 5.52. The minimum Gasteiger partial charge on any atom is -0.192 e. The fourth-order valence-electron chi connectivity index (χ4n) is 0.502. The molecular weight excluding hydrogens is 122 g/mol. The molecule has 0 aliphatic heterocycles. The van der Waals surface area contributed by atoms with Crippen LogP contribution in [0.2, 0.25) is 0 Å². The van der Waals surface area contributed by atoms with Gasteiger partial charge in [0, 0.05) is 0 Å². The lowest BCUT2D eigenvalue weighted by Gasteiger charge is -1.82. The zero-order valence-corrected chi connectivity index (χ0v) is 6.17. The summed E-state index contributed by atoms with van der Waals surface area (Å²) in [4.78, 5) is 0. The fraction of sp³-hybridized carbons (Fsp3) is 0.222. The Bertz CT molecular complexity index is 191. The molecule has 1 nitrogen and oxygen atoms in total. The molecular formula is C9H11N. The van der Waals surface area contributed by atoms with Gasteiger partial charge < -0.3 is 0 Å². The molecule has 0 saturated carbocycles. The molecule has 0 spiro atoms. The summed E-state index contributed by atoms with van der Waals surface area (Å²) in [6.07, 6.45) is 7.99. The van der Waals surface area contributed by atoms with E-state index in [0.717, 1.165) is 6.42 Å². The Labute approximate surface area is 62.0 Å². The normalized spacial score (nSPS) is 11.4. The molecule has 0 bridgehead atoms. The second-order valence-electron chi connectivity index (χ2n) is 1.78. The molecule has 0 rings (SSSR count). The SMILES string of the molecule is C=C/C=C(C#N)\C=C/CC. The molecule has 1 heteroatoms. The van der Waals surface area contributed by atoms with Gasteiger partial charge in [0.05, 0.1) is 11.6 Å². The number of rotatable bonds is 3. The molecule has 0 N–H and O–H groups in total. The van der Waals surface area contributed by atoms with Crippen LogP contribution in [0.15, 0.2) is 36.5 Å². The smallest absolute Gasteiger partial charge is 0.0991 e. The monoisotopic (exact) mass is 133 g/mol. The van der Waals surface area contributed by atoms with E-state index < -0.39 is 0 Å². The van der Waals surface area contributed by atoms with Gasteiger partial charge >= 0.3 is 0 Å². The molecule has 0 radical (unpaired) electrons. The van der Waals surface area contributed by atoms with Crippen LogP contribution in [0.4, 0.5) is 0 Å². The summed E-state index contributed by atoms with van der Waals surface area (Å²) in [5.41, 5.74) is 0.650. The minimum absolute atomic E-state index is 0.650. The van der Waals surface area contributed by atoms with E-state index >= 15 is 0 Å². The van der Waals surface area contributed by atoms with Gasteiger partial charge in [-0.1, -0.05) is 25.7 Å². The maximum absolute atomic E-state index is 8.47. The first-order valence-corrected chi connectivity index (χ1v) is 3.24. The highest BCUT2D eigenvalue weighted by Crippen LogP contribution is 1.95. The molecule has 0 saturated heterocycles. The molecule has 0 fully saturated rings. The highest BCUT2D eigenvalue weighted by molar-refractivity contribution is 5.35. The number of hydrogen-bond donors (Lipinski definition) is 0. The van der Waals surface area contributed by atoms with Gasteiger partial charge in [-0.2, -0.15) is 5.26 Å². The van der Waals surface area contributed by atoms with Crippen molar-refractivity contribution in [2.45, 2.75) is 13.3 Å². The van der Waals surface area contributed by atoms with Crippen LogP contribution in [0, 0.1) is 11.3 Å². The average Bonchev–Trinajstić information content (AvgIpc) is 1.98. The lowest BCUT2D eigenvalue weighted by Crippen LogP contribution is -1.68. The Morgan fingerprint density at radius 1 is 1.70 bits per heavy atom. The third-order valence-corrected chi connectivity index (χ3v) is 0.960. The van der Waals surface area contributed by atoms with Crippen LogP contribution < -0.4 is 0 Å². The Balaban J connectivity index is 4.12. The Morgan fingerprint density at radius 2 is 2.40 bits per heavy atom. The lowest BCUT2D eigenvalue weighted by atomic mass is 10.2. The molecule has 0 atom stereocenters. The quantitative estimate of drug-likeness (QED) is 0.429. The molecule has 0 heterocycles. The van der Waals surface area contributed by atoms with Gasteiger partial charge in [0.1, 0.15) is 0 Å². The van der Waals surface area contributed by atoms with E-state index in [2.05, 4.69) is 6.58 Å². The van der Waals surface area contributed by atoms with Gasteiger partial charge in [-0.15, -0.1) is 0 Å². The molecule has 0 aromatic carbocycles. The van der Waals surface area contributed by atoms with E-state index in [1.54, 1.807) is 18.2 Å². The Hall–Kier alpha value is -1.29. The molecule has 0 unspecified atom stereocenters. The second-order valence-corrected chi connectivity index (χ2v) is 1.78. The zero-order valence-electron chi connectivity index (χ0n) is 6.17. The standard InChI is InChI=1S/C9H11N/c1-3-5-7-9(8-10)6-4-2/h4-7H,2-3H2,1H3/b7-5-,9-6+. The molecule has 0 aliphatic rings. The van der Waals surface area contributed by atoms with Crippen LogP contribution in [-0.4, -0.2) is 0 Å². The van der Waals surface area contributed by atoms with Gasteiger partial charge in [0.25, 0.3) is 0 Å². The zero-order chi connectivity index (χ0) is 7.82. The van der Waals surface area contributed by atoms with Gasteiger partial charge in [0.15, 0.2) is 0 Å². The average molecular weight is 133 g/mol. The summed E-state index contributed by atoms with van der Waals surface area (Å²) in [5, 5.41) is 8.47. The molecule has 0 amide bonds. The van der Waals surface area contributed by atoms with Crippen LogP contribution >= 0.6 is 0 Å². The van der Waals surface area contributed by atoms with Crippen molar-refractivity contribution in [3.8, 4) is 6.07 Å². The van der Waals surface area contributed by atoms with Crippen LogP contribution in [-0.2, 0) is 0 Å².